The smallest absolute Gasteiger partial charge is 0.261 e. The molecule has 8 nitrogen and oxygen atoms in total. The van der Waals surface area contributed by atoms with Crippen molar-refractivity contribution in [1.82, 2.24) is 20.1 Å². The van der Waals surface area contributed by atoms with Gasteiger partial charge in [0.15, 0.2) is 0 Å². The monoisotopic (exact) mass is 444 g/mol. The molecule has 0 spiro atoms. The Morgan fingerprint density at radius 2 is 2.03 bits per heavy atom. The molecule has 166 valence electrons. The molecule has 0 aromatic carbocycles. The summed E-state index contributed by atoms with van der Waals surface area (Å²) in [5, 5.41) is 4.79. The Balaban J connectivity index is 1.50. The predicted octanol–water partition coefficient (Wildman–Crippen LogP) is 1.36. The summed E-state index contributed by atoms with van der Waals surface area (Å²) in [7, 11) is 0. The predicted molar refractivity (Wildman–Crippen MR) is 118 cm³/mol. The van der Waals surface area contributed by atoms with E-state index >= 15 is 0 Å². The highest BCUT2D eigenvalue weighted by atomic mass is 32.1. The van der Waals surface area contributed by atoms with E-state index in [1.807, 2.05) is 36.3 Å². The molecule has 0 saturated carbocycles. The van der Waals surface area contributed by atoms with Crippen LogP contribution in [-0.2, 0) is 29.0 Å². The minimum Gasteiger partial charge on any atom is -0.379 e. The summed E-state index contributed by atoms with van der Waals surface area (Å²) in [5.41, 5.74) is 0.688. The van der Waals surface area contributed by atoms with Gasteiger partial charge in [0.25, 0.3) is 11.5 Å². The Bertz CT molecular complexity index is 1010. The zero-order valence-electron chi connectivity index (χ0n) is 17.9. The molecule has 2 aromatic heterocycles. The average Bonchev–Trinajstić information content (AvgIpc) is 3.31. The summed E-state index contributed by atoms with van der Waals surface area (Å²) < 4.78 is 5.42. The number of nitrogens with zero attached hydrogens (tertiary/aromatic N) is 2. The van der Waals surface area contributed by atoms with E-state index in [0.29, 0.717) is 39.3 Å². The third-order valence-electron chi connectivity index (χ3n) is 6.13. The number of ether oxygens (including phenoxy) is 1. The maximum Gasteiger partial charge on any atom is 0.261 e. The number of nitrogens with one attached hydrogen (secondary N) is 2. The Hall–Kier alpha value is -2.49. The Kier molecular flexibility index (Phi) is 6.27. The van der Waals surface area contributed by atoms with Crippen molar-refractivity contribution < 1.29 is 14.3 Å². The first-order valence-electron chi connectivity index (χ1n) is 10.5. The molecule has 0 aliphatic carbocycles. The lowest BCUT2D eigenvalue weighted by Crippen LogP contribution is -2.59. The van der Waals surface area contributed by atoms with Crippen molar-refractivity contribution in [3.05, 3.63) is 55.6 Å². The number of rotatable bonds is 5. The van der Waals surface area contributed by atoms with Crippen LogP contribution in [0.1, 0.15) is 40.2 Å². The van der Waals surface area contributed by atoms with Crippen molar-refractivity contribution in [2.24, 2.45) is 0 Å². The van der Waals surface area contributed by atoms with E-state index in [4.69, 9.17) is 4.74 Å². The van der Waals surface area contributed by atoms with Crippen LogP contribution in [0.3, 0.4) is 0 Å². The molecule has 0 radical (unpaired) electrons. The van der Waals surface area contributed by atoms with Crippen molar-refractivity contribution in [3.8, 4) is 0 Å². The number of pyridine rings is 1. The zero-order valence-corrected chi connectivity index (χ0v) is 18.7. The second-order valence-corrected chi connectivity index (χ2v) is 9.43. The van der Waals surface area contributed by atoms with E-state index in [1.165, 1.54) is 0 Å². The molecule has 0 bridgehead atoms. The lowest BCUT2D eigenvalue weighted by Gasteiger charge is -2.43. The molecular formula is C22H28N4O4S. The molecule has 2 N–H and O–H groups in total. The largest absolute Gasteiger partial charge is 0.379 e. The van der Waals surface area contributed by atoms with E-state index in [1.54, 1.807) is 17.5 Å². The number of morpholine rings is 1. The van der Waals surface area contributed by atoms with Gasteiger partial charge in [-0.2, -0.15) is 0 Å². The van der Waals surface area contributed by atoms with E-state index in [9.17, 15) is 14.4 Å². The molecule has 31 heavy (non-hydrogen) atoms. The molecule has 4 rings (SSSR count). The highest BCUT2D eigenvalue weighted by Gasteiger charge is 2.39. The fraction of sp³-hybridized carbons (Fsp3) is 0.500. The van der Waals surface area contributed by atoms with Crippen LogP contribution in [-0.4, -0.2) is 65.0 Å². The van der Waals surface area contributed by atoms with Crippen LogP contribution in [0.25, 0.3) is 0 Å². The van der Waals surface area contributed by atoms with Crippen molar-refractivity contribution >= 4 is 23.2 Å². The summed E-state index contributed by atoms with van der Waals surface area (Å²) in [4.78, 5) is 46.3. The second kappa shape index (κ2) is 8.94. The fourth-order valence-corrected chi connectivity index (χ4v) is 4.94. The van der Waals surface area contributed by atoms with Gasteiger partial charge in [-0.1, -0.05) is 6.07 Å². The Labute approximate surface area is 185 Å². The zero-order chi connectivity index (χ0) is 22.0. The fourth-order valence-electron chi connectivity index (χ4n) is 4.29. The summed E-state index contributed by atoms with van der Waals surface area (Å²) in [6, 6.07) is 3.86. The number of H-pyrrole nitrogens is 1. The SMILES string of the molecule is CC(C)(C(=O)N1CCc2c(c[nH]c(=O)c2C(=O)NCc2cccs2)C1)N1CCOCC1. The van der Waals surface area contributed by atoms with Crippen LogP contribution in [0.5, 0.6) is 0 Å². The number of hydrogen-bond donors (Lipinski definition) is 2. The topological polar surface area (TPSA) is 94.7 Å². The highest BCUT2D eigenvalue weighted by molar-refractivity contribution is 7.09. The van der Waals surface area contributed by atoms with E-state index < -0.39 is 11.1 Å². The minimum atomic E-state index is -0.635. The van der Waals surface area contributed by atoms with E-state index in [-0.39, 0.29) is 17.4 Å². The van der Waals surface area contributed by atoms with Gasteiger partial charge in [-0.05, 0) is 42.8 Å². The van der Waals surface area contributed by atoms with Crippen LogP contribution in [0, 0.1) is 0 Å². The van der Waals surface area contributed by atoms with Crippen LogP contribution in [0.4, 0.5) is 0 Å². The normalized spacial score (nSPS) is 17.3. The van der Waals surface area contributed by atoms with Gasteiger partial charge in [-0.3, -0.25) is 19.3 Å². The van der Waals surface area contributed by atoms with Crippen molar-refractivity contribution in [2.45, 2.75) is 38.9 Å². The maximum atomic E-state index is 13.3. The van der Waals surface area contributed by atoms with Crippen molar-refractivity contribution in [2.75, 3.05) is 32.8 Å². The van der Waals surface area contributed by atoms with Crippen LogP contribution < -0.4 is 10.9 Å². The van der Waals surface area contributed by atoms with Gasteiger partial charge in [0.05, 0.1) is 25.3 Å². The summed E-state index contributed by atoms with van der Waals surface area (Å²) in [6.45, 7) is 7.86. The molecule has 1 saturated heterocycles. The molecule has 2 aromatic rings. The summed E-state index contributed by atoms with van der Waals surface area (Å²) in [6.07, 6.45) is 2.11. The van der Waals surface area contributed by atoms with Gasteiger partial charge in [-0.15, -0.1) is 11.3 Å². The number of carbonyl (C=O) groups is 2. The molecule has 9 heteroatoms. The second-order valence-electron chi connectivity index (χ2n) is 8.39. The number of aromatic amines is 1. The van der Waals surface area contributed by atoms with Gasteiger partial charge in [-0.25, -0.2) is 0 Å². The van der Waals surface area contributed by atoms with Gasteiger partial charge in [0.1, 0.15) is 5.56 Å². The van der Waals surface area contributed by atoms with Crippen LogP contribution in [0.2, 0.25) is 0 Å². The third kappa shape index (κ3) is 4.44. The summed E-state index contributed by atoms with van der Waals surface area (Å²) >= 11 is 1.55. The van der Waals surface area contributed by atoms with Crippen LogP contribution >= 0.6 is 11.3 Å². The molecule has 4 heterocycles. The number of thiophene rings is 1. The minimum absolute atomic E-state index is 0.0509. The standard InChI is InChI=1S/C22H28N4O4S/c1-22(2,26-7-9-30-10-8-26)21(29)25-6-5-17-15(14-25)12-23-19(27)18(17)20(28)24-13-16-4-3-11-31-16/h3-4,11-12H,5-10,13-14H2,1-2H3,(H,23,27)(H,24,28). The number of carbonyl (C=O) groups excluding carboxylic acids is 2. The lowest BCUT2D eigenvalue weighted by molar-refractivity contribution is -0.146. The van der Waals surface area contributed by atoms with E-state index in [2.05, 4.69) is 15.2 Å². The average molecular weight is 445 g/mol. The van der Waals surface area contributed by atoms with Crippen LogP contribution in [0.15, 0.2) is 28.5 Å². The third-order valence-corrected chi connectivity index (χ3v) is 7.01. The lowest BCUT2D eigenvalue weighted by atomic mass is 9.93. The molecular weight excluding hydrogens is 416 g/mol. The number of aromatic nitrogens is 1. The van der Waals surface area contributed by atoms with Crippen molar-refractivity contribution in [1.29, 1.82) is 0 Å². The maximum absolute atomic E-state index is 13.3. The number of amides is 2. The molecule has 2 aliphatic rings. The van der Waals surface area contributed by atoms with Crippen molar-refractivity contribution in [3.63, 3.8) is 0 Å². The quantitative estimate of drug-likeness (QED) is 0.726. The van der Waals surface area contributed by atoms with Gasteiger partial charge in [0, 0.05) is 37.3 Å². The first-order chi connectivity index (χ1) is 14.9. The molecule has 2 amide bonds. The summed E-state index contributed by atoms with van der Waals surface area (Å²) in [5.74, 6) is -0.324. The van der Waals surface area contributed by atoms with E-state index in [0.717, 1.165) is 29.1 Å². The molecule has 2 aliphatic heterocycles. The first kappa shape index (κ1) is 21.7. The molecule has 0 unspecified atom stereocenters. The van der Waals surface area contributed by atoms with Gasteiger partial charge < -0.3 is 19.9 Å². The Morgan fingerprint density at radius 1 is 1.26 bits per heavy atom. The van der Waals surface area contributed by atoms with Gasteiger partial charge in [0.2, 0.25) is 5.91 Å². The molecule has 1 fully saturated rings. The highest BCUT2D eigenvalue weighted by Crippen LogP contribution is 2.25. The first-order valence-corrected chi connectivity index (χ1v) is 11.4. The van der Waals surface area contributed by atoms with Gasteiger partial charge >= 0.3 is 0 Å². The number of fused-ring (bicyclic) bond motifs is 1. The number of hydrogen-bond acceptors (Lipinski definition) is 6. The Morgan fingerprint density at radius 3 is 2.74 bits per heavy atom. The molecule has 0 atom stereocenters.